The molecule has 0 heterocycles. The number of nitrogens with one attached hydrogen (secondary N) is 1. The van der Waals surface area contributed by atoms with Gasteiger partial charge < -0.3 is 14.2 Å². The number of carbonyl (C=O) groups is 2. The lowest BCUT2D eigenvalue weighted by Crippen LogP contribution is -2.33. The van der Waals surface area contributed by atoms with Gasteiger partial charge in [-0.2, -0.15) is 5.10 Å². The molecule has 0 spiro atoms. The lowest BCUT2D eigenvalue weighted by molar-refractivity contribution is -0.127. The van der Waals surface area contributed by atoms with Crippen LogP contribution in [0.2, 0.25) is 0 Å². The van der Waals surface area contributed by atoms with Crippen molar-refractivity contribution in [1.82, 2.24) is 5.43 Å². The topological polar surface area (TPSA) is 86.2 Å². The number of amides is 1. The molecule has 0 aliphatic carbocycles. The number of hydrazone groups is 1. The van der Waals surface area contributed by atoms with Gasteiger partial charge in [0.05, 0.1) is 11.8 Å². The number of nitrogens with zero attached hydrogens (tertiary/aromatic N) is 1. The fraction of sp³-hybridized carbons (Fsp3) is 0.114. The standard InChI is InChI=1S/C35H30N2O5/c1-24-9-8-13-28(21-24)35(39)42-33-20-15-27-12-6-7-14-31(27)32(33)22-36-37-34(38)25(2)41-30-18-16-29(17-19-30)40-23-26-10-4-3-5-11-26/h3-22,25H,23H2,1-2H3,(H,37,38)/b36-22+. The van der Waals surface area contributed by atoms with E-state index in [1.54, 1.807) is 49.4 Å². The highest BCUT2D eigenvalue weighted by Crippen LogP contribution is 2.27. The second-order valence-electron chi connectivity index (χ2n) is 9.70. The monoisotopic (exact) mass is 558 g/mol. The van der Waals surface area contributed by atoms with E-state index >= 15 is 0 Å². The van der Waals surface area contributed by atoms with Crippen LogP contribution in [0.25, 0.3) is 10.8 Å². The Bertz CT molecular complexity index is 1720. The number of hydrogen-bond donors (Lipinski definition) is 1. The molecule has 42 heavy (non-hydrogen) atoms. The van der Waals surface area contributed by atoms with Crippen molar-refractivity contribution >= 4 is 28.9 Å². The third kappa shape index (κ3) is 7.20. The summed E-state index contributed by atoms with van der Waals surface area (Å²) < 4.78 is 17.3. The summed E-state index contributed by atoms with van der Waals surface area (Å²) in [6.45, 7) is 4.01. The first-order chi connectivity index (χ1) is 20.5. The van der Waals surface area contributed by atoms with Gasteiger partial charge in [-0.15, -0.1) is 0 Å². The molecule has 5 aromatic rings. The largest absolute Gasteiger partial charge is 0.489 e. The Hall–Kier alpha value is -5.43. The molecule has 0 aliphatic rings. The molecule has 0 aromatic heterocycles. The van der Waals surface area contributed by atoms with Gasteiger partial charge in [-0.1, -0.05) is 78.4 Å². The predicted octanol–water partition coefficient (Wildman–Crippen LogP) is 6.86. The Morgan fingerprint density at radius 2 is 1.57 bits per heavy atom. The van der Waals surface area contributed by atoms with E-state index in [1.165, 1.54) is 6.21 Å². The predicted molar refractivity (Wildman–Crippen MR) is 163 cm³/mol. The Labute approximate surface area is 244 Å². The van der Waals surface area contributed by atoms with Gasteiger partial charge in [0, 0.05) is 5.56 Å². The van der Waals surface area contributed by atoms with Crippen LogP contribution >= 0.6 is 0 Å². The van der Waals surface area contributed by atoms with Gasteiger partial charge in [0.1, 0.15) is 23.9 Å². The van der Waals surface area contributed by atoms with E-state index in [0.717, 1.165) is 21.9 Å². The summed E-state index contributed by atoms with van der Waals surface area (Å²) in [5.74, 6) is 0.632. The molecule has 5 aromatic carbocycles. The highest BCUT2D eigenvalue weighted by atomic mass is 16.5. The molecule has 5 rings (SSSR count). The average molecular weight is 559 g/mol. The second-order valence-corrected chi connectivity index (χ2v) is 9.70. The van der Waals surface area contributed by atoms with Crippen molar-refractivity contribution < 1.29 is 23.8 Å². The van der Waals surface area contributed by atoms with Crippen LogP contribution in [-0.2, 0) is 11.4 Å². The number of carbonyl (C=O) groups excluding carboxylic acids is 2. The molecular weight excluding hydrogens is 528 g/mol. The average Bonchev–Trinajstić information content (AvgIpc) is 3.02. The first-order valence-electron chi connectivity index (χ1n) is 13.5. The highest BCUT2D eigenvalue weighted by molar-refractivity contribution is 6.04. The van der Waals surface area contributed by atoms with Crippen LogP contribution in [0, 0.1) is 6.92 Å². The number of rotatable bonds is 10. The molecule has 1 unspecified atom stereocenters. The molecule has 210 valence electrons. The van der Waals surface area contributed by atoms with Crippen molar-refractivity contribution in [2.24, 2.45) is 5.10 Å². The Kier molecular flexibility index (Phi) is 8.89. The Morgan fingerprint density at radius 1 is 0.833 bits per heavy atom. The molecule has 1 N–H and O–H groups in total. The van der Waals surface area contributed by atoms with Crippen molar-refractivity contribution in [3.63, 3.8) is 0 Å². The number of esters is 1. The van der Waals surface area contributed by atoms with Crippen LogP contribution in [0.15, 0.2) is 120 Å². The van der Waals surface area contributed by atoms with Gasteiger partial charge in [0.25, 0.3) is 5.91 Å². The van der Waals surface area contributed by atoms with Crippen molar-refractivity contribution in [2.45, 2.75) is 26.6 Å². The van der Waals surface area contributed by atoms with E-state index in [2.05, 4.69) is 10.5 Å². The van der Waals surface area contributed by atoms with E-state index in [0.29, 0.717) is 35.0 Å². The molecule has 0 fully saturated rings. The second kappa shape index (κ2) is 13.3. The maximum atomic E-state index is 12.9. The molecule has 0 radical (unpaired) electrons. The zero-order chi connectivity index (χ0) is 29.3. The van der Waals surface area contributed by atoms with E-state index in [9.17, 15) is 9.59 Å². The maximum absolute atomic E-state index is 12.9. The smallest absolute Gasteiger partial charge is 0.343 e. The Balaban J connectivity index is 1.23. The van der Waals surface area contributed by atoms with Gasteiger partial charge >= 0.3 is 5.97 Å². The minimum Gasteiger partial charge on any atom is -0.489 e. The van der Waals surface area contributed by atoms with Gasteiger partial charge in [0.2, 0.25) is 0 Å². The van der Waals surface area contributed by atoms with Gasteiger partial charge in [-0.05, 0) is 72.6 Å². The number of fused-ring (bicyclic) bond motifs is 1. The van der Waals surface area contributed by atoms with Crippen LogP contribution in [0.4, 0.5) is 0 Å². The molecule has 7 heteroatoms. The third-order valence-corrected chi connectivity index (χ3v) is 6.51. The van der Waals surface area contributed by atoms with Crippen LogP contribution in [0.3, 0.4) is 0 Å². The van der Waals surface area contributed by atoms with Crippen LogP contribution in [-0.4, -0.2) is 24.2 Å². The van der Waals surface area contributed by atoms with E-state index in [4.69, 9.17) is 14.2 Å². The summed E-state index contributed by atoms with van der Waals surface area (Å²) in [4.78, 5) is 25.6. The van der Waals surface area contributed by atoms with Crippen molar-refractivity contribution in [1.29, 1.82) is 0 Å². The number of ether oxygens (including phenoxy) is 3. The van der Waals surface area contributed by atoms with Crippen molar-refractivity contribution in [3.05, 3.63) is 138 Å². The molecule has 7 nitrogen and oxygen atoms in total. The maximum Gasteiger partial charge on any atom is 0.343 e. The quantitative estimate of drug-likeness (QED) is 0.0876. The Morgan fingerprint density at radius 3 is 2.36 bits per heavy atom. The molecule has 0 saturated heterocycles. The summed E-state index contributed by atoms with van der Waals surface area (Å²) in [6, 6.07) is 35.4. The van der Waals surface area contributed by atoms with E-state index < -0.39 is 18.0 Å². The summed E-state index contributed by atoms with van der Waals surface area (Å²) in [5.41, 5.74) is 5.56. The molecular formula is C35H30N2O5. The first kappa shape index (κ1) is 28.1. The molecule has 0 saturated carbocycles. The van der Waals surface area contributed by atoms with Crippen LogP contribution in [0.5, 0.6) is 17.2 Å². The minimum atomic E-state index is -0.815. The van der Waals surface area contributed by atoms with Gasteiger partial charge in [-0.25, -0.2) is 10.2 Å². The number of hydrogen-bond acceptors (Lipinski definition) is 6. The fourth-order valence-electron chi connectivity index (χ4n) is 4.29. The minimum absolute atomic E-state index is 0.331. The van der Waals surface area contributed by atoms with Gasteiger partial charge in [0.15, 0.2) is 6.10 Å². The summed E-state index contributed by atoms with van der Waals surface area (Å²) in [7, 11) is 0. The molecule has 0 aliphatic heterocycles. The van der Waals surface area contributed by atoms with Crippen molar-refractivity contribution in [2.75, 3.05) is 0 Å². The lowest BCUT2D eigenvalue weighted by Gasteiger charge is -2.14. The molecule has 1 amide bonds. The summed E-state index contributed by atoms with van der Waals surface area (Å²) >= 11 is 0. The lowest BCUT2D eigenvalue weighted by atomic mass is 10.0. The SMILES string of the molecule is Cc1cccc(C(=O)Oc2ccc3ccccc3c2/C=N/NC(=O)C(C)Oc2ccc(OCc3ccccc3)cc2)c1. The van der Waals surface area contributed by atoms with E-state index in [-0.39, 0.29) is 0 Å². The molecule has 0 bridgehead atoms. The molecule has 1 atom stereocenters. The first-order valence-corrected chi connectivity index (χ1v) is 13.5. The number of benzene rings is 5. The highest BCUT2D eigenvalue weighted by Gasteiger charge is 2.16. The zero-order valence-corrected chi connectivity index (χ0v) is 23.3. The third-order valence-electron chi connectivity index (χ3n) is 6.51. The van der Waals surface area contributed by atoms with Crippen LogP contribution < -0.4 is 19.6 Å². The van der Waals surface area contributed by atoms with E-state index in [1.807, 2.05) is 79.7 Å². The normalized spacial score (nSPS) is 11.7. The zero-order valence-electron chi connectivity index (χ0n) is 23.3. The fourth-order valence-corrected chi connectivity index (χ4v) is 4.29. The van der Waals surface area contributed by atoms with Crippen LogP contribution in [0.1, 0.15) is 34.0 Å². The van der Waals surface area contributed by atoms with Crippen molar-refractivity contribution in [3.8, 4) is 17.2 Å². The number of aryl methyl sites for hydroxylation is 1. The summed E-state index contributed by atoms with van der Waals surface area (Å²) in [6.07, 6.45) is 0.661. The van der Waals surface area contributed by atoms with Gasteiger partial charge in [-0.3, -0.25) is 4.79 Å². The summed E-state index contributed by atoms with van der Waals surface area (Å²) in [5, 5.41) is 5.92.